The summed E-state index contributed by atoms with van der Waals surface area (Å²) in [6.07, 6.45) is 17.7. The summed E-state index contributed by atoms with van der Waals surface area (Å²) in [5.41, 5.74) is 0. The minimum atomic E-state index is 0.232. The lowest BCUT2D eigenvalue weighted by Gasteiger charge is -2.41. The summed E-state index contributed by atoms with van der Waals surface area (Å²) in [6.45, 7) is 3.08. The average Bonchev–Trinajstić information content (AvgIpc) is 2.57. The fraction of sp³-hybridized carbons (Fsp3) is 0.947. The Morgan fingerprint density at radius 3 is 1.91 bits per heavy atom. The number of urea groups is 1. The number of carbonyl (C=O) groups excluding carboxylic acids is 1. The smallest absolute Gasteiger partial charge is 0.317 e. The largest absolute Gasteiger partial charge is 0.338 e. The second-order valence-electron chi connectivity index (χ2n) is 7.28. The Labute approximate surface area is 137 Å². The Hall–Kier alpha value is -0.730. The van der Waals surface area contributed by atoms with Crippen LogP contribution in [0.2, 0.25) is 0 Å². The van der Waals surface area contributed by atoms with E-state index in [1.807, 2.05) is 0 Å². The van der Waals surface area contributed by atoms with Crippen molar-refractivity contribution in [3.63, 3.8) is 0 Å². The topological polar surface area (TPSA) is 32.3 Å². The first kappa shape index (κ1) is 17.6. The summed E-state index contributed by atoms with van der Waals surface area (Å²) in [4.78, 5) is 15.1. The fourth-order valence-corrected chi connectivity index (χ4v) is 4.19. The molecule has 0 unspecified atom stereocenters. The molecule has 2 fully saturated rings. The van der Waals surface area contributed by atoms with Gasteiger partial charge in [-0.05, 0) is 32.1 Å². The number of unbranched alkanes of at least 4 members (excludes halogenated alkanes) is 3. The molecule has 0 aromatic carbocycles. The van der Waals surface area contributed by atoms with Gasteiger partial charge >= 0.3 is 6.03 Å². The molecule has 0 radical (unpaired) electrons. The van der Waals surface area contributed by atoms with Gasteiger partial charge in [0.15, 0.2) is 0 Å². The molecular formula is C19H36N2O. The highest BCUT2D eigenvalue weighted by molar-refractivity contribution is 5.75. The molecule has 0 aromatic rings. The van der Waals surface area contributed by atoms with E-state index in [0.29, 0.717) is 12.1 Å². The highest BCUT2D eigenvalue weighted by atomic mass is 16.2. The van der Waals surface area contributed by atoms with Crippen molar-refractivity contribution in [3.05, 3.63) is 0 Å². The zero-order valence-corrected chi connectivity index (χ0v) is 14.6. The molecule has 3 heteroatoms. The van der Waals surface area contributed by atoms with Crippen molar-refractivity contribution in [2.75, 3.05) is 6.54 Å². The molecular weight excluding hydrogens is 272 g/mol. The quantitative estimate of drug-likeness (QED) is 0.641. The van der Waals surface area contributed by atoms with Gasteiger partial charge in [-0.15, -0.1) is 0 Å². The molecule has 0 aromatic heterocycles. The summed E-state index contributed by atoms with van der Waals surface area (Å²) in [5, 5.41) is 3.22. The van der Waals surface area contributed by atoms with E-state index >= 15 is 0 Å². The van der Waals surface area contributed by atoms with Gasteiger partial charge in [-0.2, -0.15) is 0 Å². The monoisotopic (exact) mass is 308 g/mol. The first-order chi connectivity index (χ1) is 10.8. The third-order valence-corrected chi connectivity index (χ3v) is 5.48. The SMILES string of the molecule is CCCCCCNC(=O)N(C1CCCCC1)C1CCCCC1. The number of nitrogens with one attached hydrogen (secondary N) is 1. The lowest BCUT2D eigenvalue weighted by atomic mass is 9.89. The lowest BCUT2D eigenvalue weighted by Crippen LogP contribution is -2.52. The zero-order chi connectivity index (χ0) is 15.6. The van der Waals surface area contributed by atoms with E-state index < -0.39 is 0 Å². The summed E-state index contributed by atoms with van der Waals surface area (Å²) in [7, 11) is 0. The van der Waals surface area contributed by atoms with Gasteiger partial charge in [-0.1, -0.05) is 64.7 Å². The summed E-state index contributed by atoms with van der Waals surface area (Å²) >= 11 is 0. The van der Waals surface area contributed by atoms with Crippen LogP contribution in [0.5, 0.6) is 0 Å². The van der Waals surface area contributed by atoms with E-state index in [1.165, 1.54) is 83.5 Å². The van der Waals surface area contributed by atoms with Crippen LogP contribution < -0.4 is 5.32 Å². The molecule has 0 saturated heterocycles. The van der Waals surface area contributed by atoms with Gasteiger partial charge in [0, 0.05) is 18.6 Å². The summed E-state index contributed by atoms with van der Waals surface area (Å²) in [6, 6.07) is 1.25. The van der Waals surface area contributed by atoms with Gasteiger partial charge < -0.3 is 10.2 Å². The molecule has 0 bridgehead atoms. The second kappa shape index (κ2) is 10.1. The van der Waals surface area contributed by atoms with Gasteiger partial charge in [0.1, 0.15) is 0 Å². The molecule has 0 aliphatic heterocycles. The van der Waals surface area contributed by atoms with Crippen molar-refractivity contribution in [3.8, 4) is 0 Å². The minimum absolute atomic E-state index is 0.232. The van der Waals surface area contributed by atoms with E-state index in [9.17, 15) is 4.79 Å². The zero-order valence-electron chi connectivity index (χ0n) is 14.6. The Morgan fingerprint density at radius 1 is 0.864 bits per heavy atom. The normalized spacial score (nSPS) is 20.8. The third kappa shape index (κ3) is 5.48. The first-order valence-corrected chi connectivity index (χ1v) is 9.89. The lowest BCUT2D eigenvalue weighted by molar-refractivity contribution is 0.105. The molecule has 1 N–H and O–H groups in total. The van der Waals surface area contributed by atoms with E-state index in [2.05, 4.69) is 17.1 Å². The van der Waals surface area contributed by atoms with Crippen LogP contribution in [0, 0.1) is 0 Å². The summed E-state index contributed by atoms with van der Waals surface area (Å²) < 4.78 is 0. The maximum atomic E-state index is 12.8. The number of hydrogen-bond acceptors (Lipinski definition) is 1. The molecule has 2 rings (SSSR count). The highest BCUT2D eigenvalue weighted by Gasteiger charge is 2.32. The molecule has 128 valence electrons. The highest BCUT2D eigenvalue weighted by Crippen LogP contribution is 2.30. The molecule has 0 spiro atoms. The first-order valence-electron chi connectivity index (χ1n) is 9.89. The van der Waals surface area contributed by atoms with E-state index in [4.69, 9.17) is 0 Å². The van der Waals surface area contributed by atoms with Crippen LogP contribution in [0.3, 0.4) is 0 Å². The number of rotatable bonds is 7. The van der Waals surface area contributed by atoms with Gasteiger partial charge in [0.05, 0.1) is 0 Å². The standard InChI is InChI=1S/C19H36N2O/c1-2-3-4-11-16-20-19(22)21(17-12-7-5-8-13-17)18-14-9-6-10-15-18/h17-18H,2-16H2,1H3,(H,20,22). The van der Waals surface area contributed by atoms with Crippen molar-refractivity contribution in [1.82, 2.24) is 10.2 Å². The van der Waals surface area contributed by atoms with Crippen molar-refractivity contribution in [2.24, 2.45) is 0 Å². The Bertz CT molecular complexity index is 289. The Balaban J connectivity index is 1.86. The predicted molar refractivity (Wildman–Crippen MR) is 93.1 cm³/mol. The van der Waals surface area contributed by atoms with Crippen LogP contribution in [0.1, 0.15) is 96.8 Å². The minimum Gasteiger partial charge on any atom is -0.338 e. The van der Waals surface area contributed by atoms with Crippen LogP contribution in [0.15, 0.2) is 0 Å². The second-order valence-corrected chi connectivity index (χ2v) is 7.28. The van der Waals surface area contributed by atoms with Crippen LogP contribution >= 0.6 is 0 Å². The van der Waals surface area contributed by atoms with Gasteiger partial charge in [0.25, 0.3) is 0 Å². The van der Waals surface area contributed by atoms with Crippen molar-refractivity contribution in [1.29, 1.82) is 0 Å². The maximum absolute atomic E-state index is 12.8. The number of carbonyl (C=O) groups is 1. The number of hydrogen-bond donors (Lipinski definition) is 1. The maximum Gasteiger partial charge on any atom is 0.317 e. The van der Waals surface area contributed by atoms with Crippen LogP contribution in [-0.4, -0.2) is 29.6 Å². The van der Waals surface area contributed by atoms with Crippen LogP contribution in [0.25, 0.3) is 0 Å². The third-order valence-electron chi connectivity index (χ3n) is 5.48. The molecule has 22 heavy (non-hydrogen) atoms. The number of nitrogens with zero attached hydrogens (tertiary/aromatic N) is 1. The van der Waals surface area contributed by atoms with E-state index in [0.717, 1.165) is 13.0 Å². The molecule has 0 heterocycles. The average molecular weight is 309 g/mol. The van der Waals surface area contributed by atoms with Gasteiger partial charge in [0.2, 0.25) is 0 Å². The van der Waals surface area contributed by atoms with Crippen molar-refractivity contribution >= 4 is 6.03 Å². The van der Waals surface area contributed by atoms with Crippen molar-refractivity contribution < 1.29 is 4.79 Å². The van der Waals surface area contributed by atoms with Crippen LogP contribution in [0.4, 0.5) is 4.79 Å². The van der Waals surface area contributed by atoms with E-state index in [1.54, 1.807) is 0 Å². The molecule has 2 amide bonds. The molecule has 2 aliphatic rings. The van der Waals surface area contributed by atoms with Gasteiger partial charge in [-0.3, -0.25) is 0 Å². The Morgan fingerprint density at radius 2 is 1.41 bits per heavy atom. The van der Waals surface area contributed by atoms with Gasteiger partial charge in [-0.25, -0.2) is 4.79 Å². The fourth-order valence-electron chi connectivity index (χ4n) is 4.19. The Kier molecular flexibility index (Phi) is 8.11. The molecule has 3 nitrogen and oxygen atoms in total. The molecule has 2 aliphatic carbocycles. The van der Waals surface area contributed by atoms with Crippen molar-refractivity contribution in [2.45, 2.75) is 109 Å². The summed E-state index contributed by atoms with van der Waals surface area (Å²) in [5.74, 6) is 0. The predicted octanol–water partition coefficient (Wildman–Crippen LogP) is 5.24. The van der Waals surface area contributed by atoms with E-state index in [-0.39, 0.29) is 6.03 Å². The number of amides is 2. The van der Waals surface area contributed by atoms with Crippen LogP contribution in [-0.2, 0) is 0 Å². The molecule has 0 atom stereocenters. The molecule has 2 saturated carbocycles.